The molecule has 0 unspecified atom stereocenters. The van der Waals surface area contributed by atoms with Crippen molar-refractivity contribution in [1.29, 1.82) is 0 Å². The van der Waals surface area contributed by atoms with Gasteiger partial charge in [0.1, 0.15) is 5.75 Å². The molecule has 0 spiro atoms. The smallest absolute Gasteiger partial charge is 0.128 e. The van der Waals surface area contributed by atoms with Crippen molar-refractivity contribution in [3.05, 3.63) is 23.0 Å². The quantitative estimate of drug-likeness (QED) is 0.870. The predicted octanol–water partition coefficient (Wildman–Crippen LogP) is 2.38. The zero-order valence-electron chi connectivity index (χ0n) is 11.0. The van der Waals surface area contributed by atoms with Gasteiger partial charge >= 0.3 is 0 Å². The second-order valence-corrected chi connectivity index (χ2v) is 5.28. The number of nitrogens with zero attached hydrogens (tertiary/aromatic N) is 1. The fraction of sp³-hybridized carbons (Fsp3) is 0.643. The van der Waals surface area contributed by atoms with Crippen molar-refractivity contribution in [2.24, 2.45) is 11.1 Å². The fourth-order valence-corrected chi connectivity index (χ4v) is 2.73. The van der Waals surface area contributed by atoms with Gasteiger partial charge in [0.05, 0.1) is 7.11 Å². The summed E-state index contributed by atoms with van der Waals surface area (Å²) in [6.07, 6.45) is 6.68. The molecule has 1 saturated carbocycles. The third-order valence-corrected chi connectivity index (χ3v) is 4.14. The Labute approximate surface area is 103 Å². The number of nitrogens with two attached hydrogens (primary N) is 1. The number of aryl methyl sites for hydroxylation is 1. The fourth-order valence-electron chi connectivity index (χ4n) is 2.73. The van der Waals surface area contributed by atoms with Crippen LogP contribution in [0.2, 0.25) is 0 Å². The molecule has 0 bridgehead atoms. The molecule has 1 aliphatic carbocycles. The Morgan fingerprint density at radius 1 is 1.41 bits per heavy atom. The van der Waals surface area contributed by atoms with Crippen LogP contribution >= 0.6 is 0 Å². The molecule has 3 heteroatoms. The van der Waals surface area contributed by atoms with Gasteiger partial charge in [-0.1, -0.05) is 6.42 Å². The Balaban J connectivity index is 2.27. The number of hydrogen-bond donors (Lipinski definition) is 1. The molecule has 0 aromatic carbocycles. The Morgan fingerprint density at radius 2 is 2.12 bits per heavy atom. The van der Waals surface area contributed by atoms with Crippen molar-refractivity contribution >= 4 is 0 Å². The van der Waals surface area contributed by atoms with Crippen LogP contribution in [0.1, 0.15) is 36.1 Å². The largest absolute Gasteiger partial charge is 0.496 e. The van der Waals surface area contributed by atoms with Crippen molar-refractivity contribution in [2.45, 2.75) is 39.5 Å². The number of pyridine rings is 1. The minimum atomic E-state index is 0.304. The maximum Gasteiger partial charge on any atom is 0.128 e. The molecule has 1 aromatic rings. The summed E-state index contributed by atoms with van der Waals surface area (Å²) in [5.74, 6) is 0.974. The lowest BCUT2D eigenvalue weighted by atomic mass is 9.66. The minimum Gasteiger partial charge on any atom is -0.496 e. The van der Waals surface area contributed by atoms with E-state index in [-0.39, 0.29) is 0 Å². The first kappa shape index (κ1) is 12.4. The van der Waals surface area contributed by atoms with Crippen LogP contribution in [-0.2, 0) is 6.42 Å². The highest BCUT2D eigenvalue weighted by molar-refractivity contribution is 5.41. The second-order valence-electron chi connectivity index (χ2n) is 5.28. The zero-order chi connectivity index (χ0) is 12.5. The van der Waals surface area contributed by atoms with E-state index in [4.69, 9.17) is 10.5 Å². The highest BCUT2D eigenvalue weighted by atomic mass is 16.5. The highest BCUT2D eigenvalue weighted by Gasteiger charge is 2.36. The molecule has 2 rings (SSSR count). The highest BCUT2D eigenvalue weighted by Crippen LogP contribution is 2.43. The van der Waals surface area contributed by atoms with Gasteiger partial charge in [0.2, 0.25) is 0 Å². The minimum absolute atomic E-state index is 0.304. The van der Waals surface area contributed by atoms with Gasteiger partial charge in [-0.05, 0) is 45.1 Å². The van der Waals surface area contributed by atoms with Gasteiger partial charge in [-0.15, -0.1) is 0 Å². The predicted molar refractivity (Wildman–Crippen MR) is 69.3 cm³/mol. The van der Waals surface area contributed by atoms with Crippen molar-refractivity contribution in [1.82, 2.24) is 4.98 Å². The van der Waals surface area contributed by atoms with E-state index < -0.39 is 0 Å². The van der Waals surface area contributed by atoms with Gasteiger partial charge in [-0.3, -0.25) is 4.98 Å². The maximum absolute atomic E-state index is 5.91. The van der Waals surface area contributed by atoms with E-state index in [9.17, 15) is 0 Å². The van der Waals surface area contributed by atoms with Crippen LogP contribution < -0.4 is 10.5 Å². The first-order valence-corrected chi connectivity index (χ1v) is 6.31. The number of hydrogen-bond acceptors (Lipinski definition) is 3. The van der Waals surface area contributed by atoms with Crippen molar-refractivity contribution in [3.8, 4) is 5.75 Å². The zero-order valence-corrected chi connectivity index (χ0v) is 11.0. The lowest BCUT2D eigenvalue weighted by Gasteiger charge is -2.41. The molecule has 1 fully saturated rings. The van der Waals surface area contributed by atoms with Crippen LogP contribution in [0, 0.1) is 19.3 Å². The average Bonchev–Trinajstić information content (AvgIpc) is 2.27. The molecule has 1 heterocycles. The molecule has 1 aliphatic rings. The summed E-state index contributed by atoms with van der Waals surface area (Å²) in [5, 5.41) is 0. The lowest BCUT2D eigenvalue weighted by Crippen LogP contribution is -2.39. The van der Waals surface area contributed by atoms with E-state index in [1.165, 1.54) is 24.8 Å². The van der Waals surface area contributed by atoms with Gasteiger partial charge in [0.15, 0.2) is 0 Å². The van der Waals surface area contributed by atoms with Crippen LogP contribution in [0.5, 0.6) is 5.75 Å². The van der Waals surface area contributed by atoms with E-state index in [1.54, 1.807) is 7.11 Å². The third kappa shape index (κ3) is 2.16. The summed E-state index contributed by atoms with van der Waals surface area (Å²) in [4.78, 5) is 4.57. The monoisotopic (exact) mass is 234 g/mol. The van der Waals surface area contributed by atoms with E-state index in [0.717, 1.165) is 30.0 Å². The first-order chi connectivity index (χ1) is 8.12. The maximum atomic E-state index is 5.91. The number of aromatic nitrogens is 1. The third-order valence-electron chi connectivity index (χ3n) is 4.14. The SMILES string of the molecule is COc1c(C)cnc(CC2(CN)CCC2)c1C. The number of methoxy groups -OCH3 is 1. The molecule has 0 saturated heterocycles. The summed E-state index contributed by atoms with van der Waals surface area (Å²) in [7, 11) is 1.72. The van der Waals surface area contributed by atoms with Gasteiger partial charge in [-0.25, -0.2) is 0 Å². The van der Waals surface area contributed by atoms with E-state index >= 15 is 0 Å². The van der Waals surface area contributed by atoms with Gasteiger partial charge < -0.3 is 10.5 Å². The van der Waals surface area contributed by atoms with Crippen LogP contribution in [0.3, 0.4) is 0 Å². The number of ether oxygens (including phenoxy) is 1. The summed E-state index contributed by atoms with van der Waals surface area (Å²) in [6.45, 7) is 4.89. The second kappa shape index (κ2) is 4.65. The summed E-state index contributed by atoms with van der Waals surface area (Å²) in [6, 6.07) is 0. The molecule has 0 aliphatic heterocycles. The topological polar surface area (TPSA) is 48.1 Å². The van der Waals surface area contributed by atoms with Crippen molar-refractivity contribution in [2.75, 3.05) is 13.7 Å². The Morgan fingerprint density at radius 3 is 2.59 bits per heavy atom. The molecule has 17 heavy (non-hydrogen) atoms. The Hall–Kier alpha value is -1.09. The van der Waals surface area contributed by atoms with Gasteiger partial charge in [0.25, 0.3) is 0 Å². The van der Waals surface area contributed by atoms with Crippen LogP contribution in [-0.4, -0.2) is 18.6 Å². The molecule has 3 nitrogen and oxygen atoms in total. The van der Waals surface area contributed by atoms with Crippen LogP contribution in [0.15, 0.2) is 6.20 Å². The standard InChI is InChI=1S/C14H22N2O/c1-10-8-16-12(11(2)13(10)17-3)7-14(9-15)5-4-6-14/h8H,4-7,9,15H2,1-3H3. The van der Waals surface area contributed by atoms with Crippen molar-refractivity contribution < 1.29 is 4.74 Å². The summed E-state index contributed by atoms with van der Waals surface area (Å²) in [5.41, 5.74) is 9.64. The van der Waals surface area contributed by atoms with E-state index in [0.29, 0.717) is 5.41 Å². The van der Waals surface area contributed by atoms with Crippen LogP contribution in [0.25, 0.3) is 0 Å². The molecule has 0 amide bonds. The summed E-state index contributed by atoms with van der Waals surface area (Å²) >= 11 is 0. The molecule has 1 aromatic heterocycles. The van der Waals surface area contributed by atoms with Crippen molar-refractivity contribution in [3.63, 3.8) is 0 Å². The Kier molecular flexibility index (Phi) is 3.38. The van der Waals surface area contributed by atoms with Crippen LogP contribution in [0.4, 0.5) is 0 Å². The normalized spacial score (nSPS) is 17.6. The van der Waals surface area contributed by atoms with E-state index in [2.05, 4.69) is 11.9 Å². The summed E-state index contributed by atoms with van der Waals surface area (Å²) < 4.78 is 5.44. The van der Waals surface area contributed by atoms with Gasteiger partial charge in [0, 0.05) is 23.0 Å². The average molecular weight is 234 g/mol. The molecule has 0 radical (unpaired) electrons. The first-order valence-electron chi connectivity index (χ1n) is 6.31. The molecular formula is C14H22N2O. The Bertz CT molecular complexity index is 405. The van der Waals surface area contributed by atoms with Gasteiger partial charge in [-0.2, -0.15) is 0 Å². The molecule has 2 N–H and O–H groups in total. The molecular weight excluding hydrogens is 212 g/mol. The lowest BCUT2D eigenvalue weighted by molar-refractivity contribution is 0.143. The number of rotatable bonds is 4. The molecule has 94 valence electrons. The van der Waals surface area contributed by atoms with E-state index in [1.807, 2.05) is 13.1 Å². The molecule has 0 atom stereocenters.